The first kappa shape index (κ1) is 26.9. The number of para-hydroxylation sites is 1. The number of hydrogen-bond acceptors (Lipinski definition) is 5. The second kappa shape index (κ2) is 10.3. The Labute approximate surface area is 216 Å². The maximum absolute atomic E-state index is 14.5. The lowest BCUT2D eigenvalue weighted by Gasteiger charge is -2.16. The molecule has 2 N–H and O–H groups in total. The van der Waals surface area contributed by atoms with E-state index in [1.54, 1.807) is 0 Å². The zero-order chi connectivity index (χ0) is 27.1. The van der Waals surface area contributed by atoms with Crippen molar-refractivity contribution in [3.05, 3.63) is 86.7 Å². The van der Waals surface area contributed by atoms with Crippen molar-refractivity contribution in [2.24, 2.45) is 0 Å². The van der Waals surface area contributed by atoms with Crippen LogP contribution < -0.4 is 5.69 Å². The third-order valence-electron chi connectivity index (χ3n) is 5.43. The molecular weight excluding hydrogens is 541 g/mol. The number of aromatic nitrogens is 5. The number of aliphatic hydroxyl groups excluding tert-OH is 2. The summed E-state index contributed by atoms with van der Waals surface area (Å²) in [5, 5.41) is 24.4. The van der Waals surface area contributed by atoms with E-state index in [2.05, 4.69) is 10.1 Å². The Bertz CT molecular complexity index is 1460. The number of alkyl halides is 3. The molecule has 14 heteroatoms. The lowest BCUT2D eigenvalue weighted by atomic mass is 10.1. The average Bonchev–Trinajstić information content (AvgIpc) is 3.36. The van der Waals surface area contributed by atoms with Crippen LogP contribution in [0.3, 0.4) is 0 Å². The van der Waals surface area contributed by atoms with Crippen LogP contribution in [0.25, 0.3) is 16.9 Å². The van der Waals surface area contributed by atoms with Crippen molar-refractivity contribution in [2.75, 3.05) is 0 Å². The van der Waals surface area contributed by atoms with Gasteiger partial charge in [-0.3, -0.25) is 9.13 Å². The average molecular weight is 560 g/mol. The highest BCUT2D eigenvalue weighted by Gasteiger charge is 2.39. The molecule has 0 saturated carbocycles. The first-order valence-corrected chi connectivity index (χ1v) is 11.5. The van der Waals surface area contributed by atoms with Gasteiger partial charge in [0.2, 0.25) is 0 Å². The zero-order valence-corrected chi connectivity index (χ0v) is 20.5. The summed E-state index contributed by atoms with van der Waals surface area (Å²) in [5.41, 5.74) is -0.598. The Morgan fingerprint density at radius 1 is 1.08 bits per heavy atom. The van der Waals surface area contributed by atoms with Crippen molar-refractivity contribution in [1.82, 2.24) is 23.9 Å². The fourth-order valence-electron chi connectivity index (χ4n) is 3.66. The Kier molecular flexibility index (Phi) is 7.47. The molecule has 0 spiro atoms. The molecule has 8 nitrogen and oxygen atoms in total. The Morgan fingerprint density at radius 3 is 2.35 bits per heavy atom. The van der Waals surface area contributed by atoms with Crippen LogP contribution in [0.1, 0.15) is 24.7 Å². The summed E-state index contributed by atoms with van der Waals surface area (Å²) >= 11 is 12.0. The van der Waals surface area contributed by atoms with Gasteiger partial charge in [-0.05, 0) is 36.8 Å². The third-order valence-corrected chi connectivity index (χ3v) is 5.99. The van der Waals surface area contributed by atoms with E-state index in [0.717, 1.165) is 19.9 Å². The summed E-state index contributed by atoms with van der Waals surface area (Å²) in [6.07, 6.45) is -7.67. The van der Waals surface area contributed by atoms with Gasteiger partial charge in [0.25, 0.3) is 0 Å². The second-order valence-corrected chi connectivity index (χ2v) is 8.99. The van der Waals surface area contributed by atoms with Gasteiger partial charge in [-0.25, -0.2) is 18.9 Å². The normalized spacial score (nSPS) is 13.6. The number of aliphatic hydroxyl groups is 2. The quantitative estimate of drug-likeness (QED) is 0.328. The molecule has 0 unspecified atom stereocenters. The molecule has 0 aliphatic heterocycles. The summed E-state index contributed by atoms with van der Waals surface area (Å²) in [7, 11) is 0. The molecule has 0 fully saturated rings. The van der Waals surface area contributed by atoms with Crippen LogP contribution >= 0.6 is 23.2 Å². The van der Waals surface area contributed by atoms with Crippen LogP contribution in [0.15, 0.2) is 53.5 Å². The number of imidazole rings is 1. The number of rotatable bonds is 7. The fraction of sp³-hybridized carbons (Fsp3) is 0.261. The SMILES string of the molecule is C[C@H](O)c1nc(Cn2cc(-c3ccc(Cl)cc3)n(C[C@H](O)C(F)(F)F)c2=O)nn1-c1c(F)cccc1Cl. The van der Waals surface area contributed by atoms with Crippen molar-refractivity contribution in [3.63, 3.8) is 0 Å². The van der Waals surface area contributed by atoms with E-state index in [1.165, 1.54) is 49.5 Å². The van der Waals surface area contributed by atoms with Gasteiger partial charge in [0.1, 0.15) is 17.6 Å². The van der Waals surface area contributed by atoms with Crippen molar-refractivity contribution in [2.45, 2.75) is 38.4 Å². The summed E-state index contributed by atoms with van der Waals surface area (Å²) in [4.78, 5) is 17.3. The van der Waals surface area contributed by atoms with Crippen molar-refractivity contribution >= 4 is 23.2 Å². The van der Waals surface area contributed by atoms with E-state index in [1.807, 2.05) is 0 Å². The molecule has 0 aliphatic rings. The molecule has 2 aromatic heterocycles. The maximum atomic E-state index is 14.5. The molecule has 0 saturated heterocycles. The third kappa shape index (κ3) is 5.57. The van der Waals surface area contributed by atoms with Gasteiger partial charge >= 0.3 is 11.9 Å². The smallest absolute Gasteiger partial charge is 0.385 e. The molecule has 37 heavy (non-hydrogen) atoms. The van der Waals surface area contributed by atoms with Crippen LogP contribution in [0.2, 0.25) is 10.0 Å². The minimum absolute atomic E-state index is 0.00664. The standard InChI is InChI=1S/C23H19Cl2F4N5O3/c1-12(35)21-30-19(31-34(21)20-15(25)3-2-4-16(20)26)11-32-9-17(13-5-7-14(24)8-6-13)33(22(32)37)10-18(36)23(27,28)29/h2-9,12,18,35-36H,10-11H2,1H3/t12-,18-/m0/s1. The number of halogens is 6. The number of nitrogens with zero attached hydrogens (tertiary/aromatic N) is 5. The fourth-order valence-corrected chi connectivity index (χ4v) is 4.03. The number of hydrogen-bond donors (Lipinski definition) is 2. The molecule has 4 aromatic rings. The molecule has 196 valence electrons. The highest BCUT2D eigenvalue weighted by Crippen LogP contribution is 2.27. The highest BCUT2D eigenvalue weighted by molar-refractivity contribution is 6.32. The molecule has 0 amide bonds. The van der Waals surface area contributed by atoms with Gasteiger partial charge in [0.15, 0.2) is 17.8 Å². The highest BCUT2D eigenvalue weighted by atomic mass is 35.5. The minimum atomic E-state index is -4.95. The van der Waals surface area contributed by atoms with E-state index < -0.39 is 36.4 Å². The molecule has 2 heterocycles. The summed E-state index contributed by atoms with van der Waals surface area (Å²) in [6.45, 7) is -0.0227. The summed E-state index contributed by atoms with van der Waals surface area (Å²) in [5.74, 6) is -0.853. The maximum Gasteiger partial charge on any atom is 0.416 e. The van der Waals surface area contributed by atoms with E-state index in [0.29, 0.717) is 10.6 Å². The largest absolute Gasteiger partial charge is 0.416 e. The van der Waals surface area contributed by atoms with E-state index >= 15 is 0 Å². The molecule has 0 radical (unpaired) electrons. The van der Waals surface area contributed by atoms with Gasteiger partial charge in [-0.1, -0.05) is 41.4 Å². The minimum Gasteiger partial charge on any atom is -0.385 e. The lowest BCUT2D eigenvalue weighted by Crippen LogP contribution is -2.37. The predicted molar refractivity (Wildman–Crippen MR) is 127 cm³/mol. The molecule has 2 atom stereocenters. The van der Waals surface area contributed by atoms with E-state index in [4.69, 9.17) is 23.2 Å². The molecule has 0 aliphatic carbocycles. The zero-order valence-electron chi connectivity index (χ0n) is 19.0. The lowest BCUT2D eigenvalue weighted by molar-refractivity contribution is -0.207. The van der Waals surface area contributed by atoms with Crippen LogP contribution in [0.4, 0.5) is 17.6 Å². The first-order chi connectivity index (χ1) is 17.4. The van der Waals surface area contributed by atoms with Crippen molar-refractivity contribution < 1.29 is 27.8 Å². The van der Waals surface area contributed by atoms with E-state index in [9.17, 15) is 32.6 Å². The first-order valence-electron chi connectivity index (χ1n) is 10.8. The van der Waals surface area contributed by atoms with Crippen molar-refractivity contribution in [3.8, 4) is 16.9 Å². The van der Waals surface area contributed by atoms with E-state index in [-0.39, 0.29) is 34.6 Å². The van der Waals surface area contributed by atoms with Crippen molar-refractivity contribution in [1.29, 1.82) is 0 Å². The topological polar surface area (TPSA) is 98.1 Å². The summed E-state index contributed by atoms with van der Waals surface area (Å²) in [6, 6.07) is 9.97. The van der Waals surface area contributed by atoms with Gasteiger partial charge in [0, 0.05) is 11.2 Å². The molecular formula is C23H19Cl2F4N5O3. The van der Waals surface area contributed by atoms with Gasteiger partial charge in [-0.2, -0.15) is 13.2 Å². The monoisotopic (exact) mass is 559 g/mol. The summed E-state index contributed by atoms with van der Waals surface area (Å²) < 4.78 is 56.6. The Hall–Kier alpha value is -3.19. The Morgan fingerprint density at radius 2 is 1.76 bits per heavy atom. The Balaban J connectivity index is 1.79. The second-order valence-electron chi connectivity index (χ2n) is 8.14. The van der Waals surface area contributed by atoms with Crippen LogP contribution in [0, 0.1) is 5.82 Å². The molecule has 2 aromatic carbocycles. The van der Waals surface area contributed by atoms with Crippen LogP contribution in [0.5, 0.6) is 0 Å². The van der Waals surface area contributed by atoms with Gasteiger partial charge in [0.05, 0.1) is 23.8 Å². The predicted octanol–water partition coefficient (Wildman–Crippen LogP) is 4.37. The van der Waals surface area contributed by atoms with Gasteiger partial charge < -0.3 is 10.2 Å². The van der Waals surface area contributed by atoms with Gasteiger partial charge in [-0.15, -0.1) is 5.10 Å². The number of benzene rings is 2. The molecule has 0 bridgehead atoms. The molecule has 4 rings (SSSR count). The van der Waals surface area contributed by atoms with Crippen LogP contribution in [-0.2, 0) is 13.1 Å². The van der Waals surface area contributed by atoms with Crippen LogP contribution in [-0.4, -0.2) is 46.4 Å².